The molecule has 0 aliphatic heterocycles. The van der Waals surface area contributed by atoms with E-state index in [1.165, 1.54) is 10.0 Å². The Labute approximate surface area is 304 Å². The van der Waals surface area contributed by atoms with Crippen LogP contribution >= 0.6 is 0 Å². The van der Waals surface area contributed by atoms with Gasteiger partial charge in [-0.05, 0) is 32.3 Å². The fourth-order valence-electron chi connectivity index (χ4n) is 5.20. The monoisotopic (exact) mass is 766 g/mol. The van der Waals surface area contributed by atoms with Crippen molar-refractivity contribution < 1.29 is 29.7 Å². The van der Waals surface area contributed by atoms with Crippen molar-refractivity contribution in [3.05, 3.63) is 180 Å². The molecule has 0 spiro atoms. The Morgan fingerprint density at radius 2 is 0.720 bits per heavy atom. The van der Waals surface area contributed by atoms with E-state index in [-0.39, 0.29) is 16.7 Å². The van der Waals surface area contributed by atoms with Gasteiger partial charge in [-0.2, -0.15) is 0 Å². The van der Waals surface area contributed by atoms with E-state index in [9.17, 15) is 29.7 Å². The van der Waals surface area contributed by atoms with Crippen LogP contribution in [0.25, 0.3) is 32.3 Å². The van der Waals surface area contributed by atoms with Gasteiger partial charge in [0.15, 0.2) is 0 Å². The Hall–Kier alpha value is -5.47. The molecule has 0 radical (unpaired) electrons. The van der Waals surface area contributed by atoms with E-state index in [4.69, 9.17) is 0 Å². The first-order chi connectivity index (χ1) is 24.0. The minimum atomic E-state index is -1.13. The number of carbonyl (C=O) groups is 3. The van der Waals surface area contributed by atoms with Crippen LogP contribution in [-0.2, 0) is 5.41 Å². The van der Waals surface area contributed by atoms with Crippen molar-refractivity contribution >= 4 is 72.8 Å². The van der Waals surface area contributed by atoms with Crippen LogP contribution in [0.2, 0.25) is 4.44 Å². The molecule has 0 saturated carbocycles. The number of aromatic carboxylic acids is 3. The van der Waals surface area contributed by atoms with Gasteiger partial charge in [-0.3, -0.25) is 0 Å². The summed E-state index contributed by atoms with van der Waals surface area (Å²) in [5.74, 6) is -3.38. The maximum atomic E-state index is 10.7. The molecule has 0 aliphatic carbocycles. The molecule has 0 aliphatic rings. The summed E-state index contributed by atoms with van der Waals surface area (Å²) in [6.45, 7) is 4.61. The van der Waals surface area contributed by atoms with Gasteiger partial charge < -0.3 is 29.7 Å². The quantitative estimate of drug-likeness (QED) is 0.194. The number of fused-ring (bicyclic) bond motifs is 3. The van der Waals surface area contributed by atoms with Crippen LogP contribution in [0.15, 0.2) is 158 Å². The average Bonchev–Trinajstić information content (AvgIpc) is 3.15. The molecule has 0 amide bonds. The summed E-state index contributed by atoms with van der Waals surface area (Å²) in [5, 5.41) is 37.1. The van der Waals surface area contributed by atoms with Crippen LogP contribution in [0.4, 0.5) is 0 Å². The van der Waals surface area contributed by atoms with Gasteiger partial charge >= 0.3 is 82.1 Å². The smallest absolute Gasteiger partial charge is 0.0721 e. The molecule has 7 heteroatoms. The van der Waals surface area contributed by atoms with Crippen molar-refractivity contribution in [1.82, 2.24) is 0 Å². The number of rotatable bonds is 5. The van der Waals surface area contributed by atoms with E-state index >= 15 is 0 Å². The first kappa shape index (κ1) is 37.3. The minimum absolute atomic E-state index is 0.248. The molecule has 0 bridgehead atoms. The molecule has 0 heterocycles. The van der Waals surface area contributed by atoms with E-state index in [1.807, 2.05) is 72.8 Å². The van der Waals surface area contributed by atoms with E-state index < -0.39 is 17.9 Å². The zero-order valence-electron chi connectivity index (χ0n) is 27.7. The second-order valence-corrected chi connectivity index (χ2v) is 12.9. The molecule has 7 rings (SSSR count). The molecule has 0 N–H and O–H groups in total. The molecular weight excluding hydrogens is 731 g/mol. The Kier molecular flexibility index (Phi) is 13.3. The summed E-state index contributed by atoms with van der Waals surface area (Å²) < 4.78 is 1.28. The largest absolute Gasteiger partial charge is 0.545 e. The third-order valence-electron chi connectivity index (χ3n) is 8.03. The van der Waals surface area contributed by atoms with Crippen molar-refractivity contribution in [2.75, 3.05) is 0 Å². The van der Waals surface area contributed by atoms with Crippen molar-refractivity contribution in [2.45, 2.75) is 23.7 Å². The van der Waals surface area contributed by atoms with Gasteiger partial charge in [0.25, 0.3) is 0 Å². The molecule has 7 aromatic carbocycles. The number of carboxylic acids is 3. The molecular formula is C43H34O6Sn. The van der Waals surface area contributed by atoms with E-state index in [0.717, 1.165) is 32.3 Å². The number of hydrogen-bond donors (Lipinski definition) is 0. The maximum absolute atomic E-state index is 10.7. The fraction of sp³-hybridized carbons (Fsp3) is 0.0930. The predicted molar refractivity (Wildman–Crippen MR) is 195 cm³/mol. The van der Waals surface area contributed by atoms with E-state index in [1.54, 1.807) is 77.1 Å². The molecule has 7 aromatic rings. The van der Waals surface area contributed by atoms with Crippen LogP contribution in [-0.4, -0.2) is 40.4 Å². The summed E-state index contributed by atoms with van der Waals surface area (Å²) in [4.78, 5) is 32.1. The van der Waals surface area contributed by atoms with Gasteiger partial charge in [0, 0.05) is 16.7 Å². The topological polar surface area (TPSA) is 120 Å². The molecule has 246 valence electrons. The van der Waals surface area contributed by atoms with Gasteiger partial charge in [0.1, 0.15) is 0 Å². The number of benzene rings is 7. The Morgan fingerprint density at radius 1 is 0.440 bits per heavy atom. The molecule has 0 fully saturated rings. The zero-order valence-corrected chi connectivity index (χ0v) is 30.5. The van der Waals surface area contributed by atoms with Crippen LogP contribution in [0.1, 0.15) is 50.5 Å². The normalized spacial score (nSPS) is 10.5. The molecule has 0 atom stereocenters. The van der Waals surface area contributed by atoms with Crippen molar-refractivity contribution in [1.29, 1.82) is 0 Å². The van der Waals surface area contributed by atoms with Crippen LogP contribution in [0.3, 0.4) is 0 Å². The summed E-state index contributed by atoms with van der Waals surface area (Å²) in [5.41, 5.74) is 2.57. The second-order valence-electron chi connectivity index (χ2n) is 11.9. The van der Waals surface area contributed by atoms with Crippen LogP contribution < -0.4 is 15.3 Å². The minimum Gasteiger partial charge on any atom is -0.545 e. The van der Waals surface area contributed by atoms with Crippen LogP contribution in [0, 0.1) is 0 Å². The van der Waals surface area contributed by atoms with Crippen molar-refractivity contribution in [3.63, 3.8) is 0 Å². The molecule has 50 heavy (non-hydrogen) atoms. The number of carboxylic acid groups (broad SMARTS) is 3. The van der Waals surface area contributed by atoms with Gasteiger partial charge in [-0.1, -0.05) is 127 Å². The van der Waals surface area contributed by atoms with Gasteiger partial charge in [-0.25, -0.2) is 0 Å². The van der Waals surface area contributed by atoms with Gasteiger partial charge in [0.05, 0.1) is 17.9 Å². The summed E-state index contributed by atoms with van der Waals surface area (Å²) >= 11 is 1.62. The number of carbonyl (C=O) groups excluding carboxylic acids is 3. The SMILES string of the molecule is CC(C)([CH2][Sn+3])c1ccccc1.O=C([O-])c1cccc2ccccc12.O=C([O-])c1cccc2ccccc12.O=C([O-])c1cccc2ccccc12. The molecule has 6 nitrogen and oxygen atoms in total. The van der Waals surface area contributed by atoms with Gasteiger partial charge in [-0.15, -0.1) is 0 Å². The second kappa shape index (κ2) is 17.8. The Morgan fingerprint density at radius 3 is 1.02 bits per heavy atom. The van der Waals surface area contributed by atoms with Gasteiger partial charge in [0.2, 0.25) is 0 Å². The zero-order chi connectivity index (χ0) is 36.1. The standard InChI is InChI=1S/3C11H8O2.C10H13.Sn/c3*12-11(13)10-7-3-5-8-4-1-2-6-9(8)10;1-10(2,3)9-7-5-4-6-8-9;/h3*1-7H,(H,12,13);4-8H,1H2,2-3H3;/q;;;;+3/p-3. The molecule has 0 aromatic heterocycles. The van der Waals surface area contributed by atoms with E-state index in [2.05, 4.69) is 44.2 Å². The first-order valence-corrected chi connectivity index (χ1v) is 17.8. The fourth-order valence-corrected chi connectivity index (χ4v) is 5.78. The average molecular weight is 765 g/mol. The van der Waals surface area contributed by atoms with Crippen LogP contribution in [0.5, 0.6) is 0 Å². The first-order valence-electron chi connectivity index (χ1n) is 15.8. The Balaban J connectivity index is 0.000000150. The molecule has 0 saturated heterocycles. The van der Waals surface area contributed by atoms with E-state index in [0.29, 0.717) is 5.41 Å². The van der Waals surface area contributed by atoms with Crippen molar-refractivity contribution in [3.8, 4) is 0 Å². The summed E-state index contributed by atoms with van der Waals surface area (Å²) in [7, 11) is 0. The predicted octanol–water partition coefficient (Wildman–Crippen LogP) is 6.16. The third kappa shape index (κ3) is 9.80. The third-order valence-corrected chi connectivity index (χ3v) is 10.5. The summed E-state index contributed by atoms with van der Waals surface area (Å²) in [6.07, 6.45) is 0. The van der Waals surface area contributed by atoms with Crippen molar-refractivity contribution in [2.24, 2.45) is 0 Å². The maximum Gasteiger partial charge on any atom is 0.0721 e. The summed E-state index contributed by atoms with van der Waals surface area (Å²) in [6, 6.07) is 48.2. The number of hydrogen-bond acceptors (Lipinski definition) is 6. The Bertz CT molecular complexity index is 2000. The molecule has 0 unspecified atom stereocenters.